The summed E-state index contributed by atoms with van der Waals surface area (Å²) in [5.41, 5.74) is -2.25. The van der Waals surface area contributed by atoms with E-state index >= 15 is 0 Å². The van der Waals surface area contributed by atoms with Crippen molar-refractivity contribution in [2.24, 2.45) is 0 Å². The molecule has 126 valence electrons. The van der Waals surface area contributed by atoms with Crippen molar-refractivity contribution in [1.29, 1.82) is 0 Å². The van der Waals surface area contributed by atoms with Crippen LogP contribution in [0.15, 0.2) is 26.2 Å². The quantitative estimate of drug-likeness (QED) is 0.585. The van der Waals surface area contributed by atoms with Crippen LogP contribution in [0.25, 0.3) is 12.2 Å². The number of nitrogens with one attached hydrogen (secondary N) is 2. The Bertz CT molecular complexity index is 931. The minimum Gasteiger partial charge on any atom is -0.493 e. The Morgan fingerprint density at radius 3 is 2.46 bits per heavy atom. The Kier molecular flexibility index (Phi) is 5.19. The molecule has 0 atom stereocenters. The molecule has 9 nitrogen and oxygen atoms in total. The van der Waals surface area contributed by atoms with Gasteiger partial charge in [-0.05, 0) is 39.7 Å². The molecule has 0 spiro atoms. The molecule has 0 aliphatic rings. The molecule has 0 radical (unpaired) electrons. The first kappa shape index (κ1) is 17.5. The third-order valence-electron chi connectivity index (χ3n) is 3.03. The Balaban J connectivity index is 2.53. The summed E-state index contributed by atoms with van der Waals surface area (Å²) in [5, 5.41) is 11.0. The van der Waals surface area contributed by atoms with Crippen molar-refractivity contribution < 1.29 is 14.4 Å². The Morgan fingerprint density at radius 2 is 1.88 bits per heavy atom. The van der Waals surface area contributed by atoms with E-state index in [-0.39, 0.29) is 5.69 Å². The molecule has 2 N–H and O–H groups in total. The van der Waals surface area contributed by atoms with Crippen LogP contribution in [0.5, 0.6) is 11.5 Å². The first-order chi connectivity index (χ1) is 11.4. The minimum absolute atomic E-state index is 0.209. The number of halogens is 1. The van der Waals surface area contributed by atoms with E-state index in [1.807, 2.05) is 4.98 Å². The van der Waals surface area contributed by atoms with E-state index in [0.717, 1.165) is 0 Å². The number of nitrogens with zero attached hydrogens (tertiary/aromatic N) is 1. The number of ether oxygens (including phenoxy) is 2. The van der Waals surface area contributed by atoms with Crippen molar-refractivity contribution in [2.75, 3.05) is 14.2 Å². The largest absolute Gasteiger partial charge is 0.493 e. The van der Waals surface area contributed by atoms with E-state index in [2.05, 4.69) is 20.9 Å². The summed E-state index contributed by atoms with van der Waals surface area (Å²) >= 11 is 3.33. The van der Waals surface area contributed by atoms with E-state index in [1.54, 1.807) is 12.1 Å². The molecule has 0 fully saturated rings. The van der Waals surface area contributed by atoms with Gasteiger partial charge in [-0.15, -0.1) is 0 Å². The van der Waals surface area contributed by atoms with Gasteiger partial charge in [-0.2, -0.15) is 0 Å². The standard InChI is InChI=1S/C14H12BrN3O6/c1-23-10-6-7(5-8(15)12(10)24-2)3-4-9-11(18(21)22)13(19)17-14(20)16-9/h3-6H,1-2H3,(H2,16,17,19,20)/b4-3+. The zero-order valence-corrected chi connectivity index (χ0v) is 14.2. The Hall–Kier alpha value is -2.88. The van der Waals surface area contributed by atoms with Gasteiger partial charge in [-0.1, -0.05) is 6.08 Å². The number of hydrogen-bond acceptors (Lipinski definition) is 6. The van der Waals surface area contributed by atoms with E-state index in [9.17, 15) is 19.7 Å². The molecular weight excluding hydrogens is 386 g/mol. The maximum Gasteiger partial charge on any atom is 0.357 e. The zero-order valence-electron chi connectivity index (χ0n) is 12.6. The van der Waals surface area contributed by atoms with Crippen LogP contribution in [0.3, 0.4) is 0 Å². The van der Waals surface area contributed by atoms with Crippen LogP contribution in [-0.4, -0.2) is 29.1 Å². The zero-order chi connectivity index (χ0) is 17.9. The van der Waals surface area contributed by atoms with Gasteiger partial charge in [-0.25, -0.2) is 4.79 Å². The van der Waals surface area contributed by atoms with Crippen LogP contribution in [0.1, 0.15) is 11.3 Å². The molecule has 0 saturated heterocycles. The van der Waals surface area contributed by atoms with E-state index in [1.165, 1.54) is 26.4 Å². The molecular formula is C14H12BrN3O6. The highest BCUT2D eigenvalue weighted by Crippen LogP contribution is 2.36. The summed E-state index contributed by atoms with van der Waals surface area (Å²) in [5.74, 6) is 0.936. The summed E-state index contributed by atoms with van der Waals surface area (Å²) in [6.45, 7) is 0. The summed E-state index contributed by atoms with van der Waals surface area (Å²) in [7, 11) is 2.96. The van der Waals surface area contributed by atoms with Crippen molar-refractivity contribution in [3.05, 3.63) is 58.8 Å². The number of aromatic amines is 2. The smallest absolute Gasteiger partial charge is 0.357 e. The van der Waals surface area contributed by atoms with Crippen molar-refractivity contribution in [1.82, 2.24) is 9.97 Å². The number of nitro groups is 1. The van der Waals surface area contributed by atoms with Gasteiger partial charge >= 0.3 is 16.9 Å². The average Bonchev–Trinajstić information content (AvgIpc) is 2.51. The fourth-order valence-electron chi connectivity index (χ4n) is 2.01. The van der Waals surface area contributed by atoms with Crippen LogP contribution in [0.4, 0.5) is 5.69 Å². The fraction of sp³-hybridized carbons (Fsp3) is 0.143. The maximum absolute atomic E-state index is 11.6. The Morgan fingerprint density at radius 1 is 1.17 bits per heavy atom. The first-order valence-electron chi connectivity index (χ1n) is 6.48. The van der Waals surface area contributed by atoms with Gasteiger partial charge in [0, 0.05) is 0 Å². The molecule has 2 aromatic rings. The van der Waals surface area contributed by atoms with Gasteiger partial charge in [0.15, 0.2) is 11.5 Å². The number of aromatic nitrogens is 2. The maximum atomic E-state index is 11.6. The normalized spacial score (nSPS) is 10.8. The second-order valence-electron chi connectivity index (χ2n) is 4.50. The van der Waals surface area contributed by atoms with E-state index in [4.69, 9.17) is 9.47 Å². The molecule has 1 aromatic carbocycles. The molecule has 0 unspecified atom stereocenters. The molecule has 0 aliphatic heterocycles. The van der Waals surface area contributed by atoms with Gasteiger partial charge in [0.05, 0.1) is 23.6 Å². The fourth-order valence-corrected chi connectivity index (χ4v) is 2.63. The third kappa shape index (κ3) is 3.54. The number of H-pyrrole nitrogens is 2. The number of benzene rings is 1. The van der Waals surface area contributed by atoms with Gasteiger partial charge < -0.3 is 14.5 Å². The molecule has 1 heterocycles. The topological polar surface area (TPSA) is 127 Å². The highest BCUT2D eigenvalue weighted by molar-refractivity contribution is 9.10. The van der Waals surface area contributed by atoms with Gasteiger partial charge in [-0.3, -0.25) is 19.9 Å². The predicted octanol–water partition coefficient (Wildman–Crippen LogP) is 1.92. The SMILES string of the molecule is COc1cc(/C=C/c2[nH]c(=O)[nH]c(=O)c2[N+](=O)[O-])cc(Br)c1OC. The van der Waals surface area contributed by atoms with Crippen molar-refractivity contribution in [2.45, 2.75) is 0 Å². The molecule has 0 amide bonds. The monoisotopic (exact) mass is 397 g/mol. The molecule has 24 heavy (non-hydrogen) atoms. The second kappa shape index (κ2) is 7.13. The number of methoxy groups -OCH3 is 2. The molecule has 2 rings (SSSR count). The van der Waals surface area contributed by atoms with Crippen LogP contribution in [-0.2, 0) is 0 Å². The number of hydrogen-bond donors (Lipinski definition) is 2. The van der Waals surface area contributed by atoms with E-state index < -0.39 is 21.9 Å². The highest BCUT2D eigenvalue weighted by atomic mass is 79.9. The third-order valence-corrected chi connectivity index (χ3v) is 3.62. The average molecular weight is 398 g/mol. The van der Waals surface area contributed by atoms with Crippen molar-refractivity contribution in [3.63, 3.8) is 0 Å². The van der Waals surface area contributed by atoms with Gasteiger partial charge in [0.2, 0.25) is 0 Å². The lowest BCUT2D eigenvalue weighted by molar-refractivity contribution is -0.386. The Labute approximate surface area is 143 Å². The van der Waals surface area contributed by atoms with Crippen molar-refractivity contribution in [3.8, 4) is 11.5 Å². The summed E-state index contributed by atoms with van der Waals surface area (Å²) < 4.78 is 11.0. The summed E-state index contributed by atoms with van der Waals surface area (Å²) in [6, 6.07) is 3.33. The van der Waals surface area contributed by atoms with Crippen LogP contribution in [0, 0.1) is 10.1 Å². The van der Waals surface area contributed by atoms with Gasteiger partial charge in [0.25, 0.3) is 0 Å². The lowest BCUT2D eigenvalue weighted by atomic mass is 10.1. The molecule has 10 heteroatoms. The van der Waals surface area contributed by atoms with Crippen LogP contribution < -0.4 is 20.7 Å². The summed E-state index contributed by atoms with van der Waals surface area (Å²) in [6.07, 6.45) is 2.76. The van der Waals surface area contributed by atoms with Crippen molar-refractivity contribution >= 4 is 33.8 Å². The highest BCUT2D eigenvalue weighted by Gasteiger charge is 2.19. The second-order valence-corrected chi connectivity index (χ2v) is 5.35. The van der Waals surface area contributed by atoms with Gasteiger partial charge in [0.1, 0.15) is 5.69 Å². The molecule has 0 saturated carbocycles. The van der Waals surface area contributed by atoms with Crippen LogP contribution in [0.2, 0.25) is 0 Å². The lowest BCUT2D eigenvalue weighted by Gasteiger charge is -2.10. The minimum atomic E-state index is -1.07. The number of rotatable bonds is 5. The predicted molar refractivity (Wildman–Crippen MR) is 90.5 cm³/mol. The van der Waals surface area contributed by atoms with E-state index in [0.29, 0.717) is 21.5 Å². The lowest BCUT2D eigenvalue weighted by Crippen LogP contribution is -2.25. The molecule has 0 bridgehead atoms. The first-order valence-corrected chi connectivity index (χ1v) is 7.27. The molecule has 1 aromatic heterocycles. The van der Waals surface area contributed by atoms with Crippen LogP contribution >= 0.6 is 15.9 Å². The summed E-state index contributed by atoms with van der Waals surface area (Å²) in [4.78, 5) is 37.0. The molecule has 0 aliphatic carbocycles.